The molecule has 0 radical (unpaired) electrons. The highest BCUT2D eigenvalue weighted by atomic mass is 35.5. The summed E-state index contributed by atoms with van der Waals surface area (Å²) in [5.41, 5.74) is 2.64. The fraction of sp³-hybridized carbons (Fsp3) is 0.214. The topological polar surface area (TPSA) is 59.1 Å². The molecule has 4 nitrogen and oxygen atoms in total. The SMILES string of the molecule is O=S(=O)(Nc1cnccc1Cl)c1ccc2c(c1)CCC2. The molecule has 0 atom stereocenters. The lowest BCUT2D eigenvalue weighted by atomic mass is 10.1. The van der Waals surface area contributed by atoms with E-state index in [0.717, 1.165) is 24.8 Å². The summed E-state index contributed by atoms with van der Waals surface area (Å²) >= 11 is 5.94. The normalized spacial score (nSPS) is 14.1. The second kappa shape index (κ2) is 5.07. The Bertz CT molecular complexity index is 760. The third-order valence-corrected chi connectivity index (χ3v) is 5.09. The second-order valence-electron chi connectivity index (χ2n) is 4.75. The molecule has 2 aromatic rings. The van der Waals surface area contributed by atoms with Crippen molar-refractivity contribution < 1.29 is 8.42 Å². The van der Waals surface area contributed by atoms with Crippen LogP contribution in [0.1, 0.15) is 17.5 Å². The summed E-state index contributed by atoms with van der Waals surface area (Å²) in [6.45, 7) is 0. The molecular formula is C14H13ClN2O2S. The molecule has 1 heterocycles. The zero-order valence-electron chi connectivity index (χ0n) is 10.6. The van der Waals surface area contributed by atoms with E-state index < -0.39 is 10.0 Å². The standard InChI is InChI=1S/C14H13ClN2O2S/c15-13-6-7-16-9-14(13)17-20(18,19)12-5-4-10-2-1-3-11(10)8-12/h4-9,17H,1-3H2. The van der Waals surface area contributed by atoms with Gasteiger partial charge in [0.05, 0.1) is 21.8 Å². The van der Waals surface area contributed by atoms with Crippen LogP contribution in [0.2, 0.25) is 5.02 Å². The van der Waals surface area contributed by atoms with Crippen LogP contribution in [0.3, 0.4) is 0 Å². The summed E-state index contributed by atoms with van der Waals surface area (Å²) in [5, 5.41) is 0.324. The van der Waals surface area contributed by atoms with E-state index in [4.69, 9.17) is 11.6 Å². The van der Waals surface area contributed by atoms with Gasteiger partial charge in [-0.25, -0.2) is 8.42 Å². The van der Waals surface area contributed by atoms with Gasteiger partial charge in [-0.1, -0.05) is 17.7 Å². The molecule has 0 aliphatic heterocycles. The van der Waals surface area contributed by atoms with Gasteiger partial charge in [-0.2, -0.15) is 0 Å². The van der Waals surface area contributed by atoms with Crippen LogP contribution >= 0.6 is 11.6 Å². The van der Waals surface area contributed by atoms with E-state index in [1.165, 1.54) is 18.0 Å². The summed E-state index contributed by atoms with van der Waals surface area (Å²) in [5.74, 6) is 0. The van der Waals surface area contributed by atoms with Crippen molar-refractivity contribution in [2.45, 2.75) is 24.2 Å². The minimum absolute atomic E-state index is 0.262. The molecule has 0 bridgehead atoms. The van der Waals surface area contributed by atoms with Crippen molar-refractivity contribution in [2.24, 2.45) is 0 Å². The summed E-state index contributed by atoms with van der Waals surface area (Å²) in [7, 11) is -3.63. The largest absolute Gasteiger partial charge is 0.277 e. The maximum atomic E-state index is 12.4. The summed E-state index contributed by atoms with van der Waals surface area (Å²) < 4.78 is 27.2. The number of aryl methyl sites for hydroxylation is 2. The van der Waals surface area contributed by atoms with E-state index in [-0.39, 0.29) is 10.6 Å². The first kappa shape index (κ1) is 13.4. The predicted octanol–water partition coefficient (Wildman–Crippen LogP) is 3.02. The third-order valence-electron chi connectivity index (χ3n) is 3.39. The van der Waals surface area contributed by atoms with Crippen molar-refractivity contribution in [3.63, 3.8) is 0 Å². The van der Waals surface area contributed by atoms with Gasteiger partial charge in [0.15, 0.2) is 0 Å². The van der Waals surface area contributed by atoms with E-state index in [0.29, 0.717) is 5.02 Å². The molecule has 20 heavy (non-hydrogen) atoms. The van der Waals surface area contributed by atoms with E-state index in [9.17, 15) is 8.42 Å². The molecule has 1 aromatic heterocycles. The Morgan fingerprint density at radius 1 is 1.15 bits per heavy atom. The monoisotopic (exact) mass is 308 g/mol. The Kier molecular flexibility index (Phi) is 3.40. The first-order chi connectivity index (χ1) is 9.56. The van der Waals surface area contributed by atoms with Gasteiger partial charge >= 0.3 is 0 Å². The van der Waals surface area contributed by atoms with Gasteiger partial charge in [0.1, 0.15) is 0 Å². The Hall–Kier alpha value is -1.59. The number of fused-ring (bicyclic) bond motifs is 1. The summed E-state index contributed by atoms with van der Waals surface area (Å²) in [6, 6.07) is 6.82. The zero-order chi connectivity index (χ0) is 14.2. The number of aromatic nitrogens is 1. The fourth-order valence-corrected chi connectivity index (χ4v) is 3.69. The van der Waals surface area contributed by atoms with E-state index in [2.05, 4.69) is 9.71 Å². The molecule has 1 aromatic carbocycles. The molecule has 0 amide bonds. The minimum atomic E-state index is -3.63. The first-order valence-electron chi connectivity index (χ1n) is 6.30. The summed E-state index contributed by atoms with van der Waals surface area (Å²) in [4.78, 5) is 4.13. The minimum Gasteiger partial charge on any atom is -0.277 e. The van der Waals surface area contributed by atoms with Gasteiger partial charge in [-0.15, -0.1) is 0 Å². The Morgan fingerprint density at radius 3 is 2.75 bits per heavy atom. The van der Waals surface area contributed by atoms with Crippen LogP contribution in [0.5, 0.6) is 0 Å². The van der Waals surface area contributed by atoms with Crippen LogP contribution in [0.4, 0.5) is 5.69 Å². The van der Waals surface area contributed by atoms with Crippen LogP contribution in [0, 0.1) is 0 Å². The van der Waals surface area contributed by atoms with Crippen LogP contribution in [0.25, 0.3) is 0 Å². The molecule has 0 spiro atoms. The molecule has 0 unspecified atom stereocenters. The highest BCUT2D eigenvalue weighted by Crippen LogP contribution is 2.27. The number of anilines is 1. The van der Waals surface area contributed by atoms with Crippen LogP contribution in [0.15, 0.2) is 41.6 Å². The number of benzene rings is 1. The van der Waals surface area contributed by atoms with Gasteiger partial charge < -0.3 is 0 Å². The number of halogens is 1. The molecular weight excluding hydrogens is 296 g/mol. The molecule has 0 saturated carbocycles. The van der Waals surface area contributed by atoms with Gasteiger partial charge in [-0.3, -0.25) is 9.71 Å². The predicted molar refractivity (Wildman–Crippen MR) is 78.5 cm³/mol. The molecule has 1 aliphatic rings. The number of nitrogens with zero attached hydrogens (tertiary/aromatic N) is 1. The van der Waals surface area contributed by atoms with E-state index in [1.54, 1.807) is 18.2 Å². The Labute approximate surface area is 122 Å². The Balaban J connectivity index is 1.94. The third kappa shape index (κ3) is 2.51. The van der Waals surface area contributed by atoms with Crippen molar-refractivity contribution >= 4 is 27.3 Å². The highest BCUT2D eigenvalue weighted by Gasteiger charge is 2.19. The first-order valence-corrected chi connectivity index (χ1v) is 8.16. The van der Waals surface area contributed by atoms with Crippen molar-refractivity contribution in [3.05, 3.63) is 52.8 Å². The number of rotatable bonds is 3. The van der Waals surface area contributed by atoms with Crippen LogP contribution < -0.4 is 4.72 Å². The summed E-state index contributed by atoms with van der Waals surface area (Å²) in [6.07, 6.45) is 5.95. The number of pyridine rings is 1. The second-order valence-corrected chi connectivity index (χ2v) is 6.83. The fourth-order valence-electron chi connectivity index (χ4n) is 2.37. The number of hydrogen-bond acceptors (Lipinski definition) is 3. The molecule has 104 valence electrons. The molecule has 0 fully saturated rings. The van der Waals surface area contributed by atoms with Crippen molar-refractivity contribution in [2.75, 3.05) is 4.72 Å². The maximum Gasteiger partial charge on any atom is 0.261 e. The molecule has 0 saturated heterocycles. The molecule has 1 N–H and O–H groups in total. The number of nitrogens with one attached hydrogen (secondary N) is 1. The maximum absolute atomic E-state index is 12.4. The quantitative estimate of drug-likeness (QED) is 0.948. The number of sulfonamides is 1. The molecule has 3 rings (SSSR count). The van der Waals surface area contributed by atoms with Gasteiger partial charge in [0.2, 0.25) is 0 Å². The van der Waals surface area contributed by atoms with Crippen molar-refractivity contribution in [1.29, 1.82) is 0 Å². The van der Waals surface area contributed by atoms with E-state index in [1.807, 2.05) is 6.07 Å². The van der Waals surface area contributed by atoms with Crippen molar-refractivity contribution in [1.82, 2.24) is 4.98 Å². The zero-order valence-corrected chi connectivity index (χ0v) is 12.2. The van der Waals surface area contributed by atoms with Gasteiger partial charge in [-0.05, 0) is 48.6 Å². The molecule has 1 aliphatic carbocycles. The van der Waals surface area contributed by atoms with Gasteiger partial charge in [0.25, 0.3) is 10.0 Å². The lowest BCUT2D eigenvalue weighted by Gasteiger charge is -2.10. The average Bonchev–Trinajstić information content (AvgIpc) is 2.88. The number of hydrogen-bond donors (Lipinski definition) is 1. The van der Waals surface area contributed by atoms with Crippen LogP contribution in [-0.2, 0) is 22.9 Å². The molecule has 6 heteroatoms. The van der Waals surface area contributed by atoms with Crippen LogP contribution in [-0.4, -0.2) is 13.4 Å². The lowest BCUT2D eigenvalue weighted by molar-refractivity contribution is 0.601. The van der Waals surface area contributed by atoms with Crippen molar-refractivity contribution in [3.8, 4) is 0 Å². The smallest absolute Gasteiger partial charge is 0.261 e. The lowest BCUT2D eigenvalue weighted by Crippen LogP contribution is -2.13. The van der Waals surface area contributed by atoms with Gasteiger partial charge in [0, 0.05) is 6.20 Å². The highest BCUT2D eigenvalue weighted by molar-refractivity contribution is 7.92. The Morgan fingerprint density at radius 2 is 1.95 bits per heavy atom. The van der Waals surface area contributed by atoms with E-state index >= 15 is 0 Å². The average molecular weight is 309 g/mol.